The highest BCUT2D eigenvalue weighted by Gasteiger charge is 2.30. The van der Waals surface area contributed by atoms with Crippen LogP contribution < -0.4 is 5.32 Å². The minimum Gasteiger partial charge on any atom is -0.385 e. The lowest BCUT2D eigenvalue weighted by Gasteiger charge is -2.17. The Morgan fingerprint density at radius 1 is 1.22 bits per heavy atom. The van der Waals surface area contributed by atoms with E-state index in [9.17, 15) is 22.8 Å². The fourth-order valence-corrected chi connectivity index (χ4v) is 1.81. The average molecular weight is 332 g/mol. The quantitative estimate of drug-likeness (QED) is 0.776. The van der Waals surface area contributed by atoms with Gasteiger partial charge < -0.3 is 15.0 Å². The topological polar surface area (TPSA) is 58.6 Å². The summed E-state index contributed by atoms with van der Waals surface area (Å²) in [5, 5.41) is 2.62. The Kier molecular flexibility index (Phi) is 7.02. The van der Waals surface area contributed by atoms with Gasteiger partial charge in [-0.3, -0.25) is 9.59 Å². The monoisotopic (exact) mass is 332 g/mol. The Labute approximate surface area is 132 Å². The smallest absolute Gasteiger partial charge is 0.385 e. The van der Waals surface area contributed by atoms with Gasteiger partial charge in [0.15, 0.2) is 0 Å². The first kappa shape index (κ1) is 19.0. The number of nitrogens with one attached hydrogen (secondary N) is 1. The van der Waals surface area contributed by atoms with Gasteiger partial charge in [0, 0.05) is 32.9 Å². The number of rotatable bonds is 7. The molecule has 0 heterocycles. The molecule has 1 aromatic rings. The van der Waals surface area contributed by atoms with Crippen molar-refractivity contribution in [3.05, 3.63) is 35.4 Å². The van der Waals surface area contributed by atoms with E-state index in [0.717, 1.165) is 29.2 Å². The lowest BCUT2D eigenvalue weighted by atomic mass is 10.1. The molecule has 0 aliphatic rings. The Hall–Kier alpha value is -2.09. The van der Waals surface area contributed by atoms with Crippen molar-refractivity contribution in [1.29, 1.82) is 0 Å². The van der Waals surface area contributed by atoms with Crippen LogP contribution in [0.1, 0.15) is 22.3 Å². The zero-order valence-corrected chi connectivity index (χ0v) is 12.9. The van der Waals surface area contributed by atoms with Crippen molar-refractivity contribution >= 4 is 11.8 Å². The second kappa shape index (κ2) is 8.52. The third-order valence-corrected chi connectivity index (χ3v) is 3.03. The van der Waals surface area contributed by atoms with Crippen LogP contribution in [-0.2, 0) is 15.7 Å². The fourth-order valence-electron chi connectivity index (χ4n) is 1.81. The van der Waals surface area contributed by atoms with Crippen molar-refractivity contribution in [2.45, 2.75) is 12.6 Å². The van der Waals surface area contributed by atoms with E-state index in [4.69, 9.17) is 4.74 Å². The Morgan fingerprint density at radius 3 is 2.35 bits per heavy atom. The fraction of sp³-hybridized carbons (Fsp3) is 0.467. The van der Waals surface area contributed by atoms with Crippen molar-refractivity contribution in [2.75, 3.05) is 33.9 Å². The van der Waals surface area contributed by atoms with Crippen LogP contribution in [0.2, 0.25) is 0 Å². The van der Waals surface area contributed by atoms with E-state index < -0.39 is 17.6 Å². The summed E-state index contributed by atoms with van der Waals surface area (Å²) < 4.78 is 42.2. The van der Waals surface area contributed by atoms with Crippen molar-refractivity contribution in [3.8, 4) is 0 Å². The molecule has 5 nitrogen and oxygen atoms in total. The molecule has 128 valence electrons. The van der Waals surface area contributed by atoms with Gasteiger partial charge in [-0.05, 0) is 30.7 Å². The largest absolute Gasteiger partial charge is 0.416 e. The lowest BCUT2D eigenvalue weighted by molar-refractivity contribution is -0.137. The van der Waals surface area contributed by atoms with Crippen molar-refractivity contribution in [1.82, 2.24) is 10.2 Å². The number of benzene rings is 1. The van der Waals surface area contributed by atoms with E-state index in [1.165, 1.54) is 7.05 Å². The number of alkyl halides is 3. The summed E-state index contributed by atoms with van der Waals surface area (Å²) in [5.74, 6) is -0.866. The molecular weight excluding hydrogens is 313 g/mol. The number of amides is 2. The van der Waals surface area contributed by atoms with E-state index in [-0.39, 0.29) is 18.0 Å². The third-order valence-electron chi connectivity index (χ3n) is 3.03. The van der Waals surface area contributed by atoms with Gasteiger partial charge in [-0.25, -0.2) is 0 Å². The van der Waals surface area contributed by atoms with Crippen molar-refractivity contribution in [2.24, 2.45) is 0 Å². The maximum atomic E-state index is 12.5. The minimum atomic E-state index is -4.45. The summed E-state index contributed by atoms with van der Waals surface area (Å²) in [5.41, 5.74) is -0.736. The number of nitrogens with zero attached hydrogens (tertiary/aromatic N) is 1. The summed E-state index contributed by atoms with van der Waals surface area (Å²) >= 11 is 0. The number of hydrogen-bond acceptors (Lipinski definition) is 3. The van der Waals surface area contributed by atoms with E-state index in [1.807, 2.05) is 0 Å². The van der Waals surface area contributed by atoms with Gasteiger partial charge in [-0.2, -0.15) is 13.2 Å². The second-order valence-corrected chi connectivity index (χ2v) is 4.93. The highest BCUT2D eigenvalue weighted by atomic mass is 19.4. The van der Waals surface area contributed by atoms with E-state index in [1.54, 1.807) is 7.11 Å². The van der Waals surface area contributed by atoms with Gasteiger partial charge in [0.1, 0.15) is 0 Å². The van der Waals surface area contributed by atoms with Crippen LogP contribution >= 0.6 is 0 Å². The number of likely N-dealkylation sites (N-methyl/N-ethyl adjacent to an activating group) is 1. The van der Waals surface area contributed by atoms with Crippen LogP contribution in [0.25, 0.3) is 0 Å². The number of carbonyl (C=O) groups is 2. The molecule has 0 radical (unpaired) electrons. The molecule has 8 heteroatoms. The Morgan fingerprint density at radius 2 is 1.83 bits per heavy atom. The normalized spacial score (nSPS) is 11.2. The van der Waals surface area contributed by atoms with Gasteiger partial charge in [0.25, 0.3) is 5.91 Å². The van der Waals surface area contributed by atoms with E-state index in [2.05, 4.69) is 5.32 Å². The molecule has 23 heavy (non-hydrogen) atoms. The van der Waals surface area contributed by atoms with Crippen molar-refractivity contribution < 1.29 is 27.5 Å². The first-order valence-corrected chi connectivity index (χ1v) is 6.94. The number of ether oxygens (including phenoxy) is 1. The number of carbonyl (C=O) groups excluding carboxylic acids is 2. The minimum absolute atomic E-state index is 0.0904. The van der Waals surface area contributed by atoms with E-state index >= 15 is 0 Å². The lowest BCUT2D eigenvalue weighted by Crippen LogP contribution is -2.38. The highest BCUT2D eigenvalue weighted by Crippen LogP contribution is 2.29. The second-order valence-electron chi connectivity index (χ2n) is 4.93. The third kappa shape index (κ3) is 6.27. The number of hydrogen-bond donors (Lipinski definition) is 1. The first-order valence-electron chi connectivity index (χ1n) is 6.94. The molecule has 1 N–H and O–H groups in total. The van der Waals surface area contributed by atoms with E-state index in [0.29, 0.717) is 19.6 Å². The molecule has 1 rings (SSSR count). The van der Waals surface area contributed by atoms with Gasteiger partial charge in [-0.15, -0.1) is 0 Å². The van der Waals surface area contributed by atoms with Crippen LogP contribution in [-0.4, -0.2) is 50.6 Å². The van der Waals surface area contributed by atoms with Crippen LogP contribution in [0.4, 0.5) is 13.2 Å². The standard InChI is InChI=1S/C15H19F3N2O3/c1-20(10-13(21)19-8-3-9-23-2)14(22)11-4-6-12(7-5-11)15(16,17)18/h4-7H,3,8-10H2,1-2H3,(H,19,21). The maximum absolute atomic E-state index is 12.5. The molecule has 0 aliphatic carbocycles. The molecule has 0 saturated carbocycles. The maximum Gasteiger partial charge on any atom is 0.416 e. The molecule has 2 amide bonds. The van der Waals surface area contributed by atoms with Gasteiger partial charge in [0.05, 0.1) is 12.1 Å². The molecule has 0 aliphatic heterocycles. The molecule has 1 aromatic carbocycles. The molecule has 0 saturated heterocycles. The van der Waals surface area contributed by atoms with Crippen LogP contribution in [0.3, 0.4) is 0 Å². The van der Waals surface area contributed by atoms with Gasteiger partial charge in [-0.1, -0.05) is 0 Å². The molecule has 0 atom stereocenters. The molecule has 0 unspecified atom stereocenters. The van der Waals surface area contributed by atoms with Gasteiger partial charge >= 0.3 is 6.18 Å². The van der Waals surface area contributed by atoms with Crippen LogP contribution in [0.15, 0.2) is 24.3 Å². The predicted molar refractivity (Wildman–Crippen MR) is 77.9 cm³/mol. The van der Waals surface area contributed by atoms with Crippen LogP contribution in [0.5, 0.6) is 0 Å². The van der Waals surface area contributed by atoms with Crippen LogP contribution in [0, 0.1) is 0 Å². The first-order chi connectivity index (χ1) is 10.8. The molecule has 0 fully saturated rings. The molecular formula is C15H19F3N2O3. The Bertz CT molecular complexity index is 530. The highest BCUT2D eigenvalue weighted by molar-refractivity contribution is 5.96. The summed E-state index contributed by atoms with van der Waals surface area (Å²) in [4.78, 5) is 24.9. The summed E-state index contributed by atoms with van der Waals surface area (Å²) in [6.45, 7) is 0.766. The summed E-state index contributed by atoms with van der Waals surface area (Å²) in [6, 6.07) is 3.87. The molecule has 0 spiro atoms. The van der Waals surface area contributed by atoms with Crippen molar-refractivity contribution in [3.63, 3.8) is 0 Å². The SMILES string of the molecule is COCCCNC(=O)CN(C)C(=O)c1ccc(C(F)(F)F)cc1. The number of methoxy groups -OCH3 is 1. The van der Waals surface area contributed by atoms with Gasteiger partial charge in [0.2, 0.25) is 5.91 Å². The Balaban J connectivity index is 2.54. The predicted octanol–water partition coefficient (Wildman–Crippen LogP) is 1.93. The molecule has 0 bridgehead atoms. The average Bonchev–Trinajstić information content (AvgIpc) is 2.50. The molecule has 0 aromatic heterocycles. The zero-order valence-electron chi connectivity index (χ0n) is 12.9. The number of halogens is 3. The summed E-state index contributed by atoms with van der Waals surface area (Å²) in [6.07, 6.45) is -3.80. The zero-order chi connectivity index (χ0) is 17.5. The summed E-state index contributed by atoms with van der Waals surface area (Å²) in [7, 11) is 2.97.